The maximum Gasteiger partial charge on any atom is 0.259 e. The molecule has 0 spiro atoms. The zero-order valence-corrected chi connectivity index (χ0v) is 15.3. The minimum Gasteiger partial charge on any atom is -0.309 e. The quantitative estimate of drug-likeness (QED) is 0.708. The van der Waals surface area contributed by atoms with Gasteiger partial charge in [0, 0.05) is 11.1 Å². The van der Waals surface area contributed by atoms with Gasteiger partial charge in [-0.2, -0.15) is 0 Å². The normalized spacial score (nSPS) is 18.5. The number of rotatable bonds is 3. The smallest absolute Gasteiger partial charge is 0.259 e. The predicted octanol–water partition coefficient (Wildman–Crippen LogP) is 4.36. The molecule has 1 N–H and O–H groups in total. The first-order valence-electron chi connectivity index (χ1n) is 8.24. The number of nitrogens with zero attached hydrogens (tertiary/aromatic N) is 2. The first-order chi connectivity index (χ1) is 11.6. The molecule has 6 heteroatoms. The van der Waals surface area contributed by atoms with E-state index >= 15 is 0 Å². The van der Waals surface area contributed by atoms with Crippen molar-refractivity contribution in [2.45, 2.75) is 43.4 Å². The summed E-state index contributed by atoms with van der Waals surface area (Å²) in [5.41, 5.74) is 1.24. The summed E-state index contributed by atoms with van der Waals surface area (Å²) >= 11 is 3.31. The molecule has 1 aliphatic rings. The second kappa shape index (κ2) is 6.33. The zero-order chi connectivity index (χ0) is 16.7. The van der Waals surface area contributed by atoms with Gasteiger partial charge >= 0.3 is 0 Å². The summed E-state index contributed by atoms with van der Waals surface area (Å²) in [7, 11) is 0. The lowest BCUT2D eigenvalue weighted by atomic mass is 9.89. The molecule has 0 saturated carbocycles. The van der Waals surface area contributed by atoms with Crippen LogP contribution in [0.15, 0.2) is 34.2 Å². The third-order valence-electron chi connectivity index (χ3n) is 4.50. The first-order valence-corrected chi connectivity index (χ1v) is 9.93. The number of H-pyrrole nitrogens is 1. The van der Waals surface area contributed by atoms with Crippen molar-refractivity contribution >= 4 is 33.3 Å². The standard InChI is InChI=1S/C18H19N3OS2/c1-10-6-7-12-13(9-10)24-18-15(12)17(22)20-16(21-18)11(2)23-14-5-3-4-8-19-14/h3-5,8,10-11H,6-7,9H2,1-2H3,(H,20,21,22). The van der Waals surface area contributed by atoms with E-state index in [1.54, 1.807) is 29.3 Å². The number of pyridine rings is 1. The van der Waals surface area contributed by atoms with Crippen molar-refractivity contribution in [1.29, 1.82) is 0 Å². The Kier molecular flexibility index (Phi) is 4.18. The van der Waals surface area contributed by atoms with Crippen LogP contribution in [0.5, 0.6) is 0 Å². The molecule has 3 aromatic heterocycles. The van der Waals surface area contributed by atoms with Crippen LogP contribution in [0.3, 0.4) is 0 Å². The molecule has 4 rings (SSSR count). The number of fused-ring (bicyclic) bond motifs is 3. The van der Waals surface area contributed by atoms with E-state index in [9.17, 15) is 4.79 Å². The second-order valence-electron chi connectivity index (χ2n) is 6.41. The molecule has 3 heterocycles. The summed E-state index contributed by atoms with van der Waals surface area (Å²) in [6.45, 7) is 4.33. The molecule has 124 valence electrons. The van der Waals surface area contributed by atoms with Gasteiger partial charge < -0.3 is 4.98 Å². The van der Waals surface area contributed by atoms with E-state index in [-0.39, 0.29) is 10.8 Å². The van der Waals surface area contributed by atoms with Crippen molar-refractivity contribution < 1.29 is 0 Å². The molecular weight excluding hydrogens is 338 g/mol. The summed E-state index contributed by atoms with van der Waals surface area (Å²) < 4.78 is 0. The minimum atomic E-state index is 0.00974. The number of aromatic amines is 1. The van der Waals surface area contributed by atoms with Crippen molar-refractivity contribution in [2.75, 3.05) is 0 Å². The molecule has 2 unspecified atom stereocenters. The van der Waals surface area contributed by atoms with E-state index in [4.69, 9.17) is 4.98 Å². The summed E-state index contributed by atoms with van der Waals surface area (Å²) in [4.78, 5) is 27.0. The van der Waals surface area contributed by atoms with Crippen LogP contribution < -0.4 is 5.56 Å². The Morgan fingerprint density at radius 3 is 3.08 bits per heavy atom. The van der Waals surface area contributed by atoms with E-state index in [1.165, 1.54) is 10.4 Å². The highest BCUT2D eigenvalue weighted by atomic mass is 32.2. The number of aromatic nitrogens is 3. The molecule has 0 bridgehead atoms. The Hall–Kier alpha value is -1.66. The number of thiophene rings is 1. The van der Waals surface area contributed by atoms with Crippen molar-refractivity contribution in [3.05, 3.63) is 51.0 Å². The molecule has 2 atom stereocenters. The van der Waals surface area contributed by atoms with Gasteiger partial charge in [-0.05, 0) is 49.8 Å². The zero-order valence-electron chi connectivity index (χ0n) is 13.7. The molecular formula is C18H19N3OS2. The Bertz CT molecular complexity index is 933. The van der Waals surface area contributed by atoms with E-state index in [2.05, 4.69) is 23.8 Å². The average Bonchev–Trinajstić information content (AvgIpc) is 2.93. The van der Waals surface area contributed by atoms with Crippen molar-refractivity contribution in [3.8, 4) is 0 Å². The van der Waals surface area contributed by atoms with Gasteiger partial charge in [0.15, 0.2) is 0 Å². The highest BCUT2D eigenvalue weighted by molar-refractivity contribution is 7.99. The molecule has 0 aromatic carbocycles. The fourth-order valence-corrected chi connectivity index (χ4v) is 5.47. The number of hydrogen-bond acceptors (Lipinski definition) is 5. The first kappa shape index (κ1) is 15.8. The summed E-state index contributed by atoms with van der Waals surface area (Å²) in [6, 6.07) is 5.84. The van der Waals surface area contributed by atoms with E-state index < -0.39 is 0 Å². The maximum absolute atomic E-state index is 12.7. The monoisotopic (exact) mass is 357 g/mol. The van der Waals surface area contributed by atoms with E-state index in [1.807, 2.05) is 18.2 Å². The van der Waals surface area contributed by atoms with Gasteiger partial charge in [0.1, 0.15) is 10.7 Å². The molecule has 0 radical (unpaired) electrons. The Labute approximate surface area is 148 Å². The fourth-order valence-electron chi connectivity index (χ4n) is 3.21. The maximum atomic E-state index is 12.7. The number of thioether (sulfide) groups is 1. The number of nitrogens with one attached hydrogen (secondary N) is 1. The summed E-state index contributed by atoms with van der Waals surface area (Å²) in [6.07, 6.45) is 5.01. The van der Waals surface area contributed by atoms with Crippen molar-refractivity contribution in [3.63, 3.8) is 0 Å². The molecule has 3 aromatic rings. The van der Waals surface area contributed by atoms with E-state index in [0.717, 1.165) is 40.3 Å². The fraction of sp³-hybridized carbons (Fsp3) is 0.389. The van der Waals surface area contributed by atoms with Crippen LogP contribution in [0.1, 0.15) is 41.8 Å². The highest BCUT2D eigenvalue weighted by Crippen LogP contribution is 2.37. The van der Waals surface area contributed by atoms with Crippen molar-refractivity contribution in [2.24, 2.45) is 5.92 Å². The number of hydrogen-bond donors (Lipinski definition) is 1. The van der Waals surface area contributed by atoms with Gasteiger partial charge in [0.2, 0.25) is 0 Å². The largest absolute Gasteiger partial charge is 0.309 e. The molecule has 0 amide bonds. The molecule has 1 aliphatic carbocycles. The van der Waals surface area contributed by atoms with Gasteiger partial charge in [-0.25, -0.2) is 9.97 Å². The number of aryl methyl sites for hydroxylation is 1. The molecule has 0 aliphatic heterocycles. The summed E-state index contributed by atoms with van der Waals surface area (Å²) in [5.74, 6) is 1.43. The predicted molar refractivity (Wildman–Crippen MR) is 99.9 cm³/mol. The van der Waals surface area contributed by atoms with Crippen LogP contribution in [-0.4, -0.2) is 15.0 Å². The van der Waals surface area contributed by atoms with Crippen LogP contribution >= 0.6 is 23.1 Å². The average molecular weight is 358 g/mol. The lowest BCUT2D eigenvalue weighted by Gasteiger charge is -2.17. The Morgan fingerprint density at radius 2 is 2.29 bits per heavy atom. The highest BCUT2D eigenvalue weighted by Gasteiger charge is 2.23. The van der Waals surface area contributed by atoms with Gasteiger partial charge in [-0.15, -0.1) is 11.3 Å². The van der Waals surface area contributed by atoms with Crippen LogP contribution in [0.4, 0.5) is 0 Å². The second-order valence-corrected chi connectivity index (χ2v) is 8.86. The SMILES string of the molecule is CC1CCc2c(sc3nc(C(C)Sc4ccccn4)[nH]c(=O)c23)C1. The lowest BCUT2D eigenvalue weighted by Crippen LogP contribution is -2.15. The lowest BCUT2D eigenvalue weighted by molar-refractivity contribution is 0.509. The Morgan fingerprint density at radius 1 is 1.42 bits per heavy atom. The van der Waals surface area contributed by atoms with Crippen molar-refractivity contribution in [1.82, 2.24) is 15.0 Å². The molecule has 0 fully saturated rings. The van der Waals surface area contributed by atoms with Gasteiger partial charge in [0.25, 0.3) is 5.56 Å². The molecule has 0 saturated heterocycles. The molecule has 24 heavy (non-hydrogen) atoms. The topological polar surface area (TPSA) is 58.6 Å². The molecule has 4 nitrogen and oxygen atoms in total. The van der Waals surface area contributed by atoms with Crippen LogP contribution in [-0.2, 0) is 12.8 Å². The van der Waals surface area contributed by atoms with Crippen LogP contribution in [0.2, 0.25) is 0 Å². The van der Waals surface area contributed by atoms with Crippen LogP contribution in [0.25, 0.3) is 10.2 Å². The van der Waals surface area contributed by atoms with Crippen LogP contribution in [0, 0.1) is 5.92 Å². The van der Waals surface area contributed by atoms with Gasteiger partial charge in [0.05, 0.1) is 15.7 Å². The van der Waals surface area contributed by atoms with E-state index in [0.29, 0.717) is 5.92 Å². The summed E-state index contributed by atoms with van der Waals surface area (Å²) in [5, 5.41) is 1.81. The Balaban J connectivity index is 1.71. The minimum absolute atomic E-state index is 0.00974. The van der Waals surface area contributed by atoms with Gasteiger partial charge in [-0.3, -0.25) is 4.79 Å². The third kappa shape index (κ3) is 2.89. The van der Waals surface area contributed by atoms with Gasteiger partial charge in [-0.1, -0.05) is 24.8 Å². The third-order valence-corrected chi connectivity index (χ3v) is 6.71.